The van der Waals surface area contributed by atoms with Crippen LogP contribution in [0.3, 0.4) is 0 Å². The summed E-state index contributed by atoms with van der Waals surface area (Å²) in [6.07, 6.45) is 2.46. The van der Waals surface area contributed by atoms with E-state index in [1.807, 2.05) is 6.92 Å². The molecule has 1 aromatic carbocycles. The lowest BCUT2D eigenvalue weighted by Crippen LogP contribution is -2.35. The maximum atomic E-state index is 13.5. The Bertz CT molecular complexity index is 677. The van der Waals surface area contributed by atoms with E-state index in [0.717, 1.165) is 6.42 Å². The molecule has 0 saturated heterocycles. The van der Waals surface area contributed by atoms with Crippen molar-refractivity contribution in [3.8, 4) is 0 Å². The second-order valence-electron chi connectivity index (χ2n) is 4.95. The Morgan fingerprint density at radius 2 is 2.26 bits per heavy atom. The van der Waals surface area contributed by atoms with Crippen LogP contribution in [-0.4, -0.2) is 27.5 Å². The Hall–Kier alpha value is -2.12. The minimum atomic E-state index is -0.746. The third kappa shape index (κ3) is 4.43. The monoisotopic (exact) mass is 340 g/mol. The van der Waals surface area contributed by atoms with Gasteiger partial charge in [-0.3, -0.25) is 5.32 Å². The number of benzene rings is 1. The molecule has 0 bridgehead atoms. The number of nitrogens with zero attached hydrogens (tertiary/aromatic N) is 2. The van der Waals surface area contributed by atoms with Gasteiger partial charge in [-0.1, -0.05) is 24.6 Å². The van der Waals surface area contributed by atoms with Crippen molar-refractivity contribution in [3.05, 3.63) is 46.9 Å². The van der Waals surface area contributed by atoms with Gasteiger partial charge in [0.1, 0.15) is 11.6 Å². The summed E-state index contributed by atoms with van der Waals surface area (Å²) in [7, 11) is 0. The lowest BCUT2D eigenvalue weighted by atomic mass is 10.1. The van der Waals surface area contributed by atoms with Crippen LogP contribution in [-0.2, 0) is 6.54 Å². The zero-order valence-corrected chi connectivity index (χ0v) is 13.3. The minimum Gasteiger partial charge on any atom is -0.394 e. The predicted octanol–water partition coefficient (Wildman–Crippen LogP) is 2.94. The smallest absolute Gasteiger partial charge is 0.320 e. The first-order chi connectivity index (χ1) is 11.0. The molecule has 0 radical (unpaired) electrons. The Labute approximate surface area is 138 Å². The quantitative estimate of drug-likeness (QED) is 0.756. The van der Waals surface area contributed by atoms with E-state index in [4.69, 9.17) is 11.6 Å². The second kappa shape index (κ2) is 7.94. The Morgan fingerprint density at radius 3 is 2.91 bits per heavy atom. The van der Waals surface area contributed by atoms with Crippen molar-refractivity contribution in [2.24, 2.45) is 0 Å². The number of anilines is 1. The Kier molecular flexibility index (Phi) is 5.95. The molecular weight excluding hydrogens is 323 g/mol. The molecule has 0 saturated carbocycles. The summed E-state index contributed by atoms with van der Waals surface area (Å²) in [5.74, 6) is -0.0610. The molecule has 6 nitrogen and oxygen atoms in total. The van der Waals surface area contributed by atoms with Crippen LogP contribution in [0.5, 0.6) is 0 Å². The van der Waals surface area contributed by atoms with Crippen LogP contribution in [0, 0.1) is 5.82 Å². The highest BCUT2D eigenvalue weighted by Crippen LogP contribution is 2.20. The van der Waals surface area contributed by atoms with Gasteiger partial charge in [-0.05, 0) is 24.1 Å². The Morgan fingerprint density at radius 1 is 1.48 bits per heavy atom. The van der Waals surface area contributed by atoms with E-state index in [9.17, 15) is 14.3 Å². The Balaban J connectivity index is 2.04. The van der Waals surface area contributed by atoms with Gasteiger partial charge < -0.3 is 10.4 Å². The topological polar surface area (TPSA) is 79.2 Å². The van der Waals surface area contributed by atoms with Crippen LogP contribution in [0.25, 0.3) is 0 Å². The molecule has 0 fully saturated rings. The molecule has 23 heavy (non-hydrogen) atoms. The molecule has 2 amide bonds. The summed E-state index contributed by atoms with van der Waals surface area (Å²) >= 11 is 5.63. The number of urea groups is 1. The van der Waals surface area contributed by atoms with Crippen LogP contribution in [0.15, 0.2) is 30.5 Å². The normalized spacial score (nSPS) is 12.0. The lowest BCUT2D eigenvalue weighted by molar-refractivity contribution is 0.225. The fraction of sp³-hybridized carbons (Fsp3) is 0.333. The number of carbonyl (C=O) groups is 1. The number of halogens is 2. The van der Waals surface area contributed by atoms with Crippen molar-refractivity contribution in [2.45, 2.75) is 25.9 Å². The number of aliphatic hydroxyl groups is 1. The van der Waals surface area contributed by atoms with E-state index in [-0.39, 0.29) is 11.6 Å². The number of nitrogens with one attached hydrogen (secondary N) is 2. The van der Waals surface area contributed by atoms with Crippen molar-refractivity contribution in [2.75, 3.05) is 11.9 Å². The molecule has 0 aliphatic carbocycles. The molecule has 3 N–H and O–H groups in total. The summed E-state index contributed by atoms with van der Waals surface area (Å²) in [5, 5.41) is 18.8. The van der Waals surface area contributed by atoms with E-state index in [2.05, 4.69) is 15.7 Å². The summed E-state index contributed by atoms with van der Waals surface area (Å²) in [6.45, 7) is 2.31. The van der Waals surface area contributed by atoms with Gasteiger partial charge in [-0.2, -0.15) is 5.10 Å². The number of aryl methyl sites for hydroxylation is 1. The van der Waals surface area contributed by atoms with Crippen molar-refractivity contribution in [3.63, 3.8) is 0 Å². The standard InChI is InChI=1S/C15H18ClFN4O2/c1-2-7-21-14(5-6-18-21)20-15(23)19-13(9-22)10-3-4-11(16)12(17)8-10/h3-6,8,13,22H,2,7,9H2,1H3,(H2,19,20,23)/t13-/m0/s1. The fourth-order valence-corrected chi connectivity index (χ4v) is 2.22. The molecule has 0 aliphatic heterocycles. The van der Waals surface area contributed by atoms with Gasteiger partial charge in [0.15, 0.2) is 0 Å². The minimum absolute atomic E-state index is 0.0154. The molecule has 1 atom stereocenters. The number of rotatable bonds is 6. The molecule has 0 spiro atoms. The van der Waals surface area contributed by atoms with Crippen LogP contribution >= 0.6 is 11.6 Å². The van der Waals surface area contributed by atoms with Gasteiger partial charge in [-0.25, -0.2) is 13.9 Å². The fourth-order valence-electron chi connectivity index (χ4n) is 2.10. The second-order valence-corrected chi connectivity index (χ2v) is 5.35. The molecular formula is C15H18ClFN4O2. The average molecular weight is 341 g/mol. The number of amides is 2. The summed E-state index contributed by atoms with van der Waals surface area (Å²) in [4.78, 5) is 12.1. The molecule has 2 aromatic rings. The average Bonchev–Trinajstić information content (AvgIpc) is 2.95. The first-order valence-corrected chi connectivity index (χ1v) is 7.58. The van der Waals surface area contributed by atoms with E-state index in [0.29, 0.717) is 17.9 Å². The number of hydrogen-bond acceptors (Lipinski definition) is 3. The predicted molar refractivity (Wildman–Crippen MR) is 85.9 cm³/mol. The summed E-state index contributed by atoms with van der Waals surface area (Å²) in [5.41, 5.74) is 0.423. The molecule has 124 valence electrons. The third-order valence-corrected chi connectivity index (χ3v) is 3.53. The number of hydrogen-bond donors (Lipinski definition) is 3. The number of aromatic nitrogens is 2. The molecule has 1 aromatic heterocycles. The SMILES string of the molecule is CCCn1nccc1NC(=O)N[C@@H](CO)c1ccc(Cl)c(F)c1. The maximum absolute atomic E-state index is 13.5. The molecule has 8 heteroatoms. The third-order valence-electron chi connectivity index (χ3n) is 3.23. The highest BCUT2D eigenvalue weighted by molar-refractivity contribution is 6.30. The van der Waals surface area contributed by atoms with Gasteiger partial charge in [-0.15, -0.1) is 0 Å². The lowest BCUT2D eigenvalue weighted by Gasteiger charge is -2.18. The van der Waals surface area contributed by atoms with Crippen molar-refractivity contribution >= 4 is 23.4 Å². The van der Waals surface area contributed by atoms with E-state index in [1.165, 1.54) is 12.1 Å². The van der Waals surface area contributed by atoms with E-state index < -0.39 is 17.9 Å². The first kappa shape index (κ1) is 17.2. The zero-order chi connectivity index (χ0) is 16.8. The van der Waals surface area contributed by atoms with Gasteiger partial charge >= 0.3 is 6.03 Å². The first-order valence-electron chi connectivity index (χ1n) is 7.20. The van der Waals surface area contributed by atoms with Crippen molar-refractivity contribution in [1.82, 2.24) is 15.1 Å². The largest absolute Gasteiger partial charge is 0.394 e. The summed E-state index contributed by atoms with van der Waals surface area (Å²) < 4.78 is 15.2. The molecule has 1 heterocycles. The van der Waals surface area contributed by atoms with Gasteiger partial charge in [0.2, 0.25) is 0 Å². The van der Waals surface area contributed by atoms with Gasteiger partial charge in [0.05, 0.1) is 23.9 Å². The number of aliphatic hydroxyl groups excluding tert-OH is 1. The van der Waals surface area contributed by atoms with Crippen LogP contribution in [0.1, 0.15) is 24.9 Å². The van der Waals surface area contributed by atoms with Gasteiger partial charge in [0.25, 0.3) is 0 Å². The van der Waals surface area contributed by atoms with E-state index in [1.54, 1.807) is 23.0 Å². The summed E-state index contributed by atoms with van der Waals surface area (Å²) in [6, 6.07) is 4.52. The van der Waals surface area contributed by atoms with Gasteiger partial charge in [0, 0.05) is 12.6 Å². The van der Waals surface area contributed by atoms with Crippen LogP contribution in [0.2, 0.25) is 5.02 Å². The molecule has 0 unspecified atom stereocenters. The maximum Gasteiger partial charge on any atom is 0.320 e. The zero-order valence-electron chi connectivity index (χ0n) is 12.6. The molecule has 2 rings (SSSR count). The van der Waals surface area contributed by atoms with Crippen molar-refractivity contribution < 1.29 is 14.3 Å². The highest BCUT2D eigenvalue weighted by Gasteiger charge is 2.16. The van der Waals surface area contributed by atoms with E-state index >= 15 is 0 Å². The van der Waals surface area contributed by atoms with Crippen LogP contribution in [0.4, 0.5) is 15.0 Å². The van der Waals surface area contributed by atoms with Crippen molar-refractivity contribution in [1.29, 1.82) is 0 Å². The highest BCUT2D eigenvalue weighted by atomic mass is 35.5. The number of carbonyl (C=O) groups excluding carboxylic acids is 1. The molecule has 0 aliphatic rings. The van der Waals surface area contributed by atoms with Crippen LogP contribution < -0.4 is 10.6 Å².